The first-order valence-corrected chi connectivity index (χ1v) is 10.1. The molecule has 30 heavy (non-hydrogen) atoms. The minimum Gasteiger partial charge on any atom is -0.369 e. The van der Waals surface area contributed by atoms with Gasteiger partial charge in [-0.15, -0.1) is 17.0 Å². The zero-order valence-electron chi connectivity index (χ0n) is 16.0. The predicted molar refractivity (Wildman–Crippen MR) is 118 cm³/mol. The lowest BCUT2D eigenvalue weighted by molar-refractivity contribution is -0.137. The molecule has 1 aliphatic rings. The Kier molecular flexibility index (Phi) is 7.20. The molecule has 0 spiro atoms. The van der Waals surface area contributed by atoms with E-state index in [9.17, 15) is 17.6 Å². The van der Waals surface area contributed by atoms with E-state index in [1.54, 1.807) is 12.1 Å². The summed E-state index contributed by atoms with van der Waals surface area (Å²) in [6.07, 6.45) is -4.32. The Morgan fingerprint density at radius 3 is 2.53 bits per heavy atom. The van der Waals surface area contributed by atoms with Crippen LogP contribution in [-0.2, 0) is 6.18 Å². The third-order valence-electron chi connectivity index (χ3n) is 4.97. The van der Waals surface area contributed by atoms with Crippen LogP contribution < -0.4 is 10.2 Å². The topological polar surface area (TPSA) is 31.4 Å². The van der Waals surface area contributed by atoms with E-state index in [4.69, 9.17) is 0 Å². The van der Waals surface area contributed by atoms with Gasteiger partial charge in [0.15, 0.2) is 5.13 Å². The third-order valence-corrected chi connectivity index (χ3v) is 5.94. The van der Waals surface area contributed by atoms with Crippen LogP contribution in [0.5, 0.6) is 0 Å². The van der Waals surface area contributed by atoms with Crippen molar-refractivity contribution < 1.29 is 17.6 Å². The summed E-state index contributed by atoms with van der Waals surface area (Å²) >= 11 is 1.42. The maximum absolute atomic E-state index is 13.3. The fourth-order valence-electron chi connectivity index (χ4n) is 3.40. The van der Waals surface area contributed by atoms with Crippen molar-refractivity contribution in [1.29, 1.82) is 0 Å². The minimum absolute atomic E-state index is 0. The van der Waals surface area contributed by atoms with Crippen molar-refractivity contribution in [2.24, 2.45) is 0 Å². The summed E-state index contributed by atoms with van der Waals surface area (Å²) in [4.78, 5) is 8.69. The molecule has 0 atom stereocenters. The fraction of sp³-hybridized carbons (Fsp3) is 0.350. The van der Waals surface area contributed by atoms with Gasteiger partial charge in [0.2, 0.25) is 0 Å². The van der Waals surface area contributed by atoms with E-state index in [-0.39, 0.29) is 22.8 Å². The number of hydrogen-bond donors (Lipinski definition) is 1. The number of piperazine rings is 1. The molecular weight excluding hydrogens is 484 g/mol. The Hall–Kier alpha value is -1.91. The highest BCUT2D eigenvalue weighted by molar-refractivity contribution is 8.93. The van der Waals surface area contributed by atoms with E-state index in [1.165, 1.54) is 35.6 Å². The largest absolute Gasteiger partial charge is 0.416 e. The number of alkyl halides is 3. The average Bonchev–Trinajstić information content (AvgIpc) is 3.10. The number of rotatable bonds is 5. The van der Waals surface area contributed by atoms with E-state index in [1.807, 2.05) is 4.90 Å². The number of hydrogen-bond acceptors (Lipinski definition) is 5. The van der Waals surface area contributed by atoms with Crippen molar-refractivity contribution >= 4 is 49.4 Å². The quantitative estimate of drug-likeness (QED) is 0.480. The molecule has 0 unspecified atom stereocenters. The molecule has 0 radical (unpaired) electrons. The van der Waals surface area contributed by atoms with E-state index in [0.29, 0.717) is 25.3 Å². The van der Waals surface area contributed by atoms with Crippen LogP contribution in [0.3, 0.4) is 0 Å². The molecule has 4 rings (SSSR count). The van der Waals surface area contributed by atoms with Crippen LogP contribution in [0.25, 0.3) is 10.2 Å². The van der Waals surface area contributed by atoms with Gasteiger partial charge in [-0.25, -0.2) is 9.37 Å². The highest BCUT2D eigenvalue weighted by Gasteiger charge is 2.31. The molecule has 1 fully saturated rings. The van der Waals surface area contributed by atoms with Gasteiger partial charge in [-0.1, -0.05) is 17.4 Å². The second-order valence-corrected chi connectivity index (χ2v) is 7.97. The smallest absolute Gasteiger partial charge is 0.369 e. The van der Waals surface area contributed by atoms with Crippen molar-refractivity contribution in [3.8, 4) is 0 Å². The number of aromatic nitrogens is 1. The van der Waals surface area contributed by atoms with Crippen LogP contribution in [0, 0.1) is 5.82 Å². The van der Waals surface area contributed by atoms with Gasteiger partial charge in [0.1, 0.15) is 5.82 Å². The second-order valence-electron chi connectivity index (χ2n) is 6.93. The van der Waals surface area contributed by atoms with Crippen molar-refractivity contribution in [1.82, 2.24) is 9.88 Å². The Morgan fingerprint density at radius 1 is 1.03 bits per heavy atom. The normalized spacial score (nSPS) is 15.3. The lowest BCUT2D eigenvalue weighted by Crippen LogP contribution is -2.47. The number of thiazole rings is 1. The predicted octanol–water partition coefficient (Wildman–Crippen LogP) is 5.27. The molecule has 1 saturated heterocycles. The van der Waals surface area contributed by atoms with E-state index in [2.05, 4.69) is 15.2 Å². The number of halogens is 5. The Balaban J connectivity index is 0.00000256. The maximum Gasteiger partial charge on any atom is 0.416 e. The molecule has 1 aromatic heterocycles. The summed E-state index contributed by atoms with van der Waals surface area (Å²) in [5.74, 6) is -0.272. The minimum atomic E-state index is -4.32. The molecule has 1 aliphatic heterocycles. The highest BCUT2D eigenvalue weighted by atomic mass is 79.9. The summed E-state index contributed by atoms with van der Waals surface area (Å²) in [6.45, 7) is 4.43. The van der Waals surface area contributed by atoms with Crippen LogP contribution in [0.1, 0.15) is 5.56 Å². The standard InChI is InChI=1S/C20H20F4N4S.BrH/c21-15-4-5-17-18(13-15)29-19(26-17)25-6-7-27-8-10-28(11-9-27)16-3-1-2-14(12-16)20(22,23)24;/h1-5,12-13H,6-11H2,(H,25,26);1H. The molecule has 2 aromatic carbocycles. The van der Waals surface area contributed by atoms with Crippen LogP contribution in [-0.4, -0.2) is 49.2 Å². The number of anilines is 2. The number of benzene rings is 2. The van der Waals surface area contributed by atoms with Crippen molar-refractivity contribution in [2.75, 3.05) is 49.5 Å². The summed E-state index contributed by atoms with van der Waals surface area (Å²) < 4.78 is 52.8. The Labute approximate surface area is 186 Å². The lowest BCUT2D eigenvalue weighted by atomic mass is 10.1. The first-order valence-electron chi connectivity index (χ1n) is 9.33. The molecule has 0 bridgehead atoms. The average molecular weight is 505 g/mol. The number of nitrogens with zero attached hydrogens (tertiary/aromatic N) is 3. The Morgan fingerprint density at radius 2 is 1.80 bits per heavy atom. The van der Waals surface area contributed by atoms with Crippen LogP contribution in [0.2, 0.25) is 0 Å². The van der Waals surface area contributed by atoms with Gasteiger partial charge >= 0.3 is 6.18 Å². The molecule has 0 amide bonds. The third kappa shape index (κ3) is 5.41. The van der Waals surface area contributed by atoms with Gasteiger partial charge in [-0.05, 0) is 36.4 Å². The van der Waals surface area contributed by atoms with Crippen LogP contribution >= 0.6 is 28.3 Å². The van der Waals surface area contributed by atoms with Crippen LogP contribution in [0.4, 0.5) is 28.4 Å². The fourth-order valence-corrected chi connectivity index (χ4v) is 4.32. The molecule has 10 heteroatoms. The zero-order chi connectivity index (χ0) is 20.4. The SMILES string of the molecule is Br.Fc1ccc2nc(NCCN3CCN(c4cccc(C(F)(F)F)c4)CC3)sc2c1. The molecule has 3 aromatic rings. The first-order chi connectivity index (χ1) is 13.9. The van der Waals surface area contributed by atoms with E-state index < -0.39 is 11.7 Å². The summed E-state index contributed by atoms with van der Waals surface area (Å²) in [5.41, 5.74) is 0.769. The van der Waals surface area contributed by atoms with E-state index in [0.717, 1.165) is 41.0 Å². The van der Waals surface area contributed by atoms with E-state index >= 15 is 0 Å². The maximum atomic E-state index is 13.3. The van der Waals surface area contributed by atoms with Gasteiger partial charge in [-0.3, -0.25) is 4.90 Å². The van der Waals surface area contributed by atoms with Gasteiger partial charge in [0.05, 0.1) is 15.8 Å². The van der Waals surface area contributed by atoms with Gasteiger partial charge in [0.25, 0.3) is 0 Å². The molecule has 0 saturated carbocycles. The summed E-state index contributed by atoms with van der Waals surface area (Å²) in [6, 6.07) is 10.0. The monoisotopic (exact) mass is 504 g/mol. The van der Waals surface area contributed by atoms with Crippen molar-refractivity contribution in [3.05, 3.63) is 53.8 Å². The molecule has 162 valence electrons. The summed E-state index contributed by atoms with van der Waals surface area (Å²) in [7, 11) is 0. The first kappa shape index (κ1) is 22.8. The number of nitrogens with one attached hydrogen (secondary N) is 1. The van der Waals surface area contributed by atoms with Gasteiger partial charge in [0, 0.05) is 45.0 Å². The molecule has 2 heterocycles. The lowest BCUT2D eigenvalue weighted by Gasteiger charge is -2.36. The Bertz CT molecular complexity index is 986. The van der Waals surface area contributed by atoms with Crippen molar-refractivity contribution in [2.45, 2.75) is 6.18 Å². The van der Waals surface area contributed by atoms with Gasteiger partial charge < -0.3 is 10.2 Å². The van der Waals surface area contributed by atoms with Crippen molar-refractivity contribution in [3.63, 3.8) is 0 Å². The second kappa shape index (κ2) is 9.49. The van der Waals surface area contributed by atoms with Crippen LogP contribution in [0.15, 0.2) is 42.5 Å². The molecule has 1 N–H and O–H groups in total. The van der Waals surface area contributed by atoms with Gasteiger partial charge in [-0.2, -0.15) is 13.2 Å². The number of fused-ring (bicyclic) bond motifs is 1. The zero-order valence-corrected chi connectivity index (χ0v) is 18.5. The molecular formula is C20H21BrF4N4S. The molecule has 0 aliphatic carbocycles. The highest BCUT2D eigenvalue weighted by Crippen LogP contribution is 2.32. The summed E-state index contributed by atoms with van der Waals surface area (Å²) in [5, 5.41) is 4.03. The molecule has 4 nitrogen and oxygen atoms in total.